The average Bonchev–Trinajstić information content (AvgIpc) is 3.06. The highest BCUT2D eigenvalue weighted by molar-refractivity contribution is 5.86. The van der Waals surface area contributed by atoms with Crippen LogP contribution in [0.5, 0.6) is 0 Å². The summed E-state index contributed by atoms with van der Waals surface area (Å²) in [4.78, 5) is 32.9. The van der Waals surface area contributed by atoms with Crippen LogP contribution in [0.1, 0.15) is 26.7 Å². The van der Waals surface area contributed by atoms with Crippen LogP contribution < -0.4 is 16.0 Å². The second kappa shape index (κ2) is 5.70. The maximum atomic E-state index is 11.5. The van der Waals surface area contributed by atoms with Crippen LogP contribution in [0.25, 0.3) is 0 Å². The smallest absolute Gasteiger partial charge is 0.322 e. The molecule has 1 aliphatic rings. The molecule has 1 rings (SSSR count). The van der Waals surface area contributed by atoms with Gasteiger partial charge >= 0.3 is 12.0 Å². The summed E-state index contributed by atoms with van der Waals surface area (Å²) in [5.41, 5.74) is -0.276. The topological polar surface area (TPSA) is 108 Å². The minimum Gasteiger partial charge on any atom is -0.480 e. The van der Waals surface area contributed by atoms with Gasteiger partial charge in [-0.1, -0.05) is 0 Å². The number of aliphatic carboxylic acids is 1. The monoisotopic (exact) mass is 257 g/mol. The predicted molar refractivity (Wildman–Crippen MR) is 64.0 cm³/mol. The third-order valence-corrected chi connectivity index (χ3v) is 2.88. The molecular formula is C11H19N3O4. The molecule has 0 saturated heterocycles. The van der Waals surface area contributed by atoms with Crippen molar-refractivity contribution in [1.29, 1.82) is 0 Å². The van der Waals surface area contributed by atoms with E-state index >= 15 is 0 Å². The van der Waals surface area contributed by atoms with Crippen LogP contribution in [0.15, 0.2) is 0 Å². The van der Waals surface area contributed by atoms with Crippen molar-refractivity contribution in [2.75, 3.05) is 13.1 Å². The van der Waals surface area contributed by atoms with Crippen molar-refractivity contribution >= 4 is 17.9 Å². The fraction of sp³-hybridized carbons (Fsp3) is 0.727. The molecule has 0 aliphatic heterocycles. The second-order valence-electron chi connectivity index (χ2n) is 4.97. The number of rotatable bonds is 6. The van der Waals surface area contributed by atoms with Gasteiger partial charge in [0.1, 0.15) is 6.54 Å². The Morgan fingerprint density at radius 1 is 1.17 bits per heavy atom. The Hall–Kier alpha value is -1.79. The molecule has 1 fully saturated rings. The van der Waals surface area contributed by atoms with Gasteiger partial charge in [0.05, 0.1) is 6.54 Å². The Kier molecular flexibility index (Phi) is 4.52. The van der Waals surface area contributed by atoms with Crippen molar-refractivity contribution in [2.45, 2.75) is 32.2 Å². The summed E-state index contributed by atoms with van der Waals surface area (Å²) in [6.45, 7) is 3.19. The Morgan fingerprint density at radius 2 is 1.78 bits per heavy atom. The molecule has 1 aliphatic carbocycles. The predicted octanol–water partition coefficient (Wildman–Crippen LogP) is -0.325. The van der Waals surface area contributed by atoms with E-state index in [1.54, 1.807) is 0 Å². The minimum absolute atomic E-state index is 0.236. The Morgan fingerprint density at radius 3 is 2.28 bits per heavy atom. The van der Waals surface area contributed by atoms with Gasteiger partial charge in [-0.25, -0.2) is 4.79 Å². The van der Waals surface area contributed by atoms with Gasteiger partial charge in [0.25, 0.3) is 0 Å². The number of carbonyl (C=O) groups excluding carboxylic acids is 2. The highest BCUT2D eigenvalue weighted by Gasteiger charge is 2.38. The third kappa shape index (κ3) is 5.03. The quantitative estimate of drug-likeness (QED) is 0.522. The van der Waals surface area contributed by atoms with Gasteiger partial charge in [0, 0.05) is 5.54 Å². The van der Waals surface area contributed by atoms with E-state index in [2.05, 4.69) is 16.0 Å². The second-order valence-corrected chi connectivity index (χ2v) is 4.97. The van der Waals surface area contributed by atoms with Crippen LogP contribution in [0.4, 0.5) is 4.79 Å². The lowest BCUT2D eigenvalue weighted by Gasteiger charge is -2.26. The first kappa shape index (κ1) is 14.3. The lowest BCUT2D eigenvalue weighted by Crippen LogP contribution is -2.51. The Labute approximate surface area is 105 Å². The summed E-state index contributed by atoms with van der Waals surface area (Å²) in [7, 11) is 0. The molecule has 0 bridgehead atoms. The summed E-state index contributed by atoms with van der Waals surface area (Å²) in [6.07, 6.45) is 2.21. The molecule has 0 aromatic rings. The lowest BCUT2D eigenvalue weighted by molar-refractivity contribution is -0.137. The van der Waals surface area contributed by atoms with Crippen LogP contribution in [0.3, 0.4) is 0 Å². The zero-order chi connectivity index (χ0) is 13.8. The van der Waals surface area contributed by atoms with E-state index in [0.717, 1.165) is 12.8 Å². The molecular weight excluding hydrogens is 238 g/mol. The fourth-order valence-electron chi connectivity index (χ4n) is 1.64. The molecule has 3 amide bonds. The summed E-state index contributed by atoms with van der Waals surface area (Å²) in [5, 5.41) is 15.7. The number of carboxylic acid groups (broad SMARTS) is 1. The molecule has 18 heavy (non-hydrogen) atoms. The summed E-state index contributed by atoms with van der Waals surface area (Å²) >= 11 is 0. The molecule has 0 radical (unpaired) electrons. The number of urea groups is 1. The van der Waals surface area contributed by atoms with E-state index in [-0.39, 0.29) is 12.1 Å². The van der Waals surface area contributed by atoms with Gasteiger partial charge < -0.3 is 21.1 Å². The van der Waals surface area contributed by atoms with Crippen molar-refractivity contribution in [2.24, 2.45) is 5.92 Å². The molecule has 4 N–H and O–H groups in total. The summed E-state index contributed by atoms with van der Waals surface area (Å²) in [6, 6.07) is -0.419. The van der Waals surface area contributed by atoms with E-state index in [0.29, 0.717) is 5.92 Å². The summed E-state index contributed by atoms with van der Waals surface area (Å²) < 4.78 is 0. The molecule has 1 saturated carbocycles. The van der Waals surface area contributed by atoms with Gasteiger partial charge in [0.2, 0.25) is 5.91 Å². The summed E-state index contributed by atoms with van der Waals surface area (Å²) in [5.74, 6) is -1.16. The van der Waals surface area contributed by atoms with Crippen LogP contribution in [-0.2, 0) is 9.59 Å². The molecule has 0 unspecified atom stereocenters. The number of amides is 3. The first-order valence-electron chi connectivity index (χ1n) is 5.86. The van der Waals surface area contributed by atoms with Crippen LogP contribution in [0, 0.1) is 5.92 Å². The number of carbonyl (C=O) groups is 3. The van der Waals surface area contributed by atoms with E-state index < -0.39 is 24.5 Å². The fourth-order valence-corrected chi connectivity index (χ4v) is 1.64. The molecule has 7 nitrogen and oxygen atoms in total. The first-order valence-corrected chi connectivity index (χ1v) is 5.86. The lowest BCUT2D eigenvalue weighted by atomic mass is 9.99. The van der Waals surface area contributed by atoms with Crippen molar-refractivity contribution in [3.05, 3.63) is 0 Å². The minimum atomic E-state index is -1.12. The van der Waals surface area contributed by atoms with Crippen molar-refractivity contribution < 1.29 is 19.5 Å². The van der Waals surface area contributed by atoms with Crippen LogP contribution >= 0.6 is 0 Å². The standard InChI is InChI=1S/C11H19N3O4/c1-11(2,7-3-4-7)14-10(18)13-5-8(15)12-6-9(16)17/h7H,3-6H2,1-2H3,(H,12,15)(H,16,17)(H2,13,14,18). The third-order valence-electron chi connectivity index (χ3n) is 2.88. The maximum Gasteiger partial charge on any atom is 0.322 e. The van der Waals surface area contributed by atoms with Gasteiger partial charge in [-0.05, 0) is 32.6 Å². The van der Waals surface area contributed by atoms with E-state index in [1.165, 1.54) is 0 Å². The van der Waals surface area contributed by atoms with Crippen LogP contribution in [0.2, 0.25) is 0 Å². The maximum absolute atomic E-state index is 11.5. The molecule has 0 atom stereocenters. The number of hydrogen-bond donors (Lipinski definition) is 4. The van der Waals surface area contributed by atoms with Gasteiger partial charge in [0.15, 0.2) is 0 Å². The zero-order valence-corrected chi connectivity index (χ0v) is 10.6. The largest absolute Gasteiger partial charge is 0.480 e. The van der Waals surface area contributed by atoms with E-state index in [9.17, 15) is 14.4 Å². The van der Waals surface area contributed by atoms with Crippen molar-refractivity contribution in [3.63, 3.8) is 0 Å². The van der Waals surface area contributed by atoms with E-state index in [1.807, 2.05) is 13.8 Å². The van der Waals surface area contributed by atoms with E-state index in [4.69, 9.17) is 5.11 Å². The molecule has 0 heterocycles. The molecule has 0 aromatic heterocycles. The average molecular weight is 257 g/mol. The van der Waals surface area contributed by atoms with Crippen molar-refractivity contribution in [3.8, 4) is 0 Å². The molecule has 0 spiro atoms. The molecule has 0 aromatic carbocycles. The zero-order valence-electron chi connectivity index (χ0n) is 10.6. The van der Waals surface area contributed by atoms with Gasteiger partial charge in [-0.15, -0.1) is 0 Å². The normalized spacial score (nSPS) is 14.8. The molecule has 102 valence electrons. The van der Waals surface area contributed by atoms with Crippen molar-refractivity contribution in [1.82, 2.24) is 16.0 Å². The van der Waals surface area contributed by atoms with Gasteiger partial charge in [-0.3, -0.25) is 9.59 Å². The Balaban J connectivity index is 2.20. The first-order chi connectivity index (χ1) is 8.31. The number of carboxylic acids is 1. The Bertz CT molecular complexity index is 350. The highest BCUT2D eigenvalue weighted by Crippen LogP contribution is 2.38. The SMILES string of the molecule is CC(C)(NC(=O)NCC(=O)NCC(=O)O)C1CC1. The van der Waals surface area contributed by atoms with Crippen LogP contribution in [-0.4, -0.2) is 41.6 Å². The highest BCUT2D eigenvalue weighted by atomic mass is 16.4. The molecule has 7 heteroatoms. The van der Waals surface area contributed by atoms with Gasteiger partial charge in [-0.2, -0.15) is 0 Å². The number of hydrogen-bond acceptors (Lipinski definition) is 3. The number of nitrogens with one attached hydrogen (secondary N) is 3.